The zero-order chi connectivity index (χ0) is 16.0. The second-order valence-corrected chi connectivity index (χ2v) is 6.23. The van der Waals surface area contributed by atoms with Crippen LogP contribution in [0.25, 0.3) is 0 Å². The van der Waals surface area contributed by atoms with Crippen molar-refractivity contribution in [1.29, 1.82) is 0 Å². The van der Waals surface area contributed by atoms with Crippen LogP contribution in [-0.2, 0) is 4.79 Å². The molecule has 2 unspecified atom stereocenters. The molecule has 0 saturated carbocycles. The lowest BCUT2D eigenvalue weighted by atomic mass is 10.0. The van der Waals surface area contributed by atoms with E-state index in [9.17, 15) is 4.79 Å². The number of benzene rings is 1. The van der Waals surface area contributed by atoms with Gasteiger partial charge in [-0.15, -0.1) is 0 Å². The standard InChI is InChI=1S/C17H29N3O/c1-13(2)15(18)11-12-20(5)17(21)16(19(3)4)14-9-7-6-8-10-14/h6-10,13,15-16H,11-12,18H2,1-5H3. The monoisotopic (exact) mass is 291 g/mol. The van der Waals surface area contributed by atoms with Crippen molar-refractivity contribution < 1.29 is 4.79 Å². The Balaban J connectivity index is 2.73. The second-order valence-electron chi connectivity index (χ2n) is 6.23. The fourth-order valence-electron chi connectivity index (χ4n) is 2.29. The Morgan fingerprint density at radius 2 is 1.71 bits per heavy atom. The van der Waals surface area contributed by atoms with E-state index >= 15 is 0 Å². The van der Waals surface area contributed by atoms with Crippen LogP contribution in [0.4, 0.5) is 0 Å². The van der Waals surface area contributed by atoms with Crippen molar-refractivity contribution in [3.05, 3.63) is 35.9 Å². The number of amides is 1. The normalized spacial score (nSPS) is 14.3. The first-order valence-electron chi connectivity index (χ1n) is 7.56. The van der Waals surface area contributed by atoms with Gasteiger partial charge in [0.1, 0.15) is 6.04 Å². The summed E-state index contributed by atoms with van der Waals surface area (Å²) >= 11 is 0. The lowest BCUT2D eigenvalue weighted by Gasteiger charge is -2.29. The Kier molecular flexibility index (Phi) is 6.85. The zero-order valence-electron chi connectivity index (χ0n) is 13.9. The number of hydrogen-bond donors (Lipinski definition) is 1. The third-order valence-electron chi connectivity index (χ3n) is 3.90. The molecular weight excluding hydrogens is 262 g/mol. The number of rotatable bonds is 7. The zero-order valence-corrected chi connectivity index (χ0v) is 13.9. The number of carbonyl (C=O) groups excluding carboxylic acids is 1. The Morgan fingerprint density at radius 1 is 1.14 bits per heavy atom. The van der Waals surface area contributed by atoms with Crippen LogP contribution in [0.5, 0.6) is 0 Å². The molecule has 1 amide bonds. The molecule has 1 rings (SSSR count). The molecule has 118 valence electrons. The molecule has 2 atom stereocenters. The minimum atomic E-state index is -0.244. The number of nitrogens with zero attached hydrogens (tertiary/aromatic N) is 2. The van der Waals surface area contributed by atoms with E-state index in [1.807, 2.05) is 56.4 Å². The maximum absolute atomic E-state index is 12.7. The molecule has 0 aliphatic carbocycles. The molecule has 0 radical (unpaired) electrons. The molecule has 0 heterocycles. The summed E-state index contributed by atoms with van der Waals surface area (Å²) in [6.07, 6.45) is 0.828. The molecule has 0 saturated heterocycles. The van der Waals surface area contributed by atoms with Gasteiger partial charge in [0, 0.05) is 19.6 Å². The van der Waals surface area contributed by atoms with Crippen molar-refractivity contribution in [2.45, 2.75) is 32.4 Å². The van der Waals surface area contributed by atoms with E-state index in [0.717, 1.165) is 12.0 Å². The first kappa shape index (κ1) is 17.7. The molecule has 0 bridgehead atoms. The van der Waals surface area contributed by atoms with E-state index in [4.69, 9.17) is 5.73 Å². The highest BCUT2D eigenvalue weighted by Gasteiger charge is 2.26. The van der Waals surface area contributed by atoms with Gasteiger partial charge >= 0.3 is 0 Å². The van der Waals surface area contributed by atoms with Gasteiger partial charge in [0.25, 0.3) is 0 Å². The molecule has 0 fully saturated rings. The van der Waals surface area contributed by atoms with Gasteiger partial charge in [-0.3, -0.25) is 9.69 Å². The lowest BCUT2D eigenvalue weighted by Crippen LogP contribution is -2.40. The van der Waals surface area contributed by atoms with Gasteiger partial charge in [0.15, 0.2) is 0 Å². The summed E-state index contributed by atoms with van der Waals surface area (Å²) in [5.74, 6) is 0.550. The molecule has 0 aliphatic rings. The molecule has 4 heteroatoms. The first-order valence-corrected chi connectivity index (χ1v) is 7.56. The van der Waals surface area contributed by atoms with E-state index in [1.165, 1.54) is 0 Å². The summed E-state index contributed by atoms with van der Waals surface area (Å²) in [4.78, 5) is 16.5. The van der Waals surface area contributed by atoms with Crippen molar-refractivity contribution >= 4 is 5.91 Å². The Hall–Kier alpha value is -1.39. The van der Waals surface area contributed by atoms with Gasteiger partial charge in [0.05, 0.1) is 0 Å². The summed E-state index contributed by atoms with van der Waals surface area (Å²) in [6.45, 7) is 4.91. The molecule has 1 aromatic carbocycles. The molecule has 4 nitrogen and oxygen atoms in total. The highest BCUT2D eigenvalue weighted by Crippen LogP contribution is 2.20. The predicted molar refractivity (Wildman–Crippen MR) is 87.9 cm³/mol. The lowest BCUT2D eigenvalue weighted by molar-refractivity contribution is -0.135. The largest absolute Gasteiger partial charge is 0.344 e. The predicted octanol–water partition coefficient (Wildman–Crippen LogP) is 2.12. The number of carbonyl (C=O) groups is 1. The SMILES string of the molecule is CC(C)C(N)CCN(C)C(=O)C(c1ccccc1)N(C)C. The molecule has 21 heavy (non-hydrogen) atoms. The van der Waals surface area contributed by atoms with Crippen molar-refractivity contribution in [3.63, 3.8) is 0 Å². The van der Waals surface area contributed by atoms with Crippen LogP contribution >= 0.6 is 0 Å². The van der Waals surface area contributed by atoms with Crippen LogP contribution in [0.2, 0.25) is 0 Å². The summed E-state index contributed by atoms with van der Waals surface area (Å²) in [5.41, 5.74) is 7.08. The summed E-state index contributed by atoms with van der Waals surface area (Å²) < 4.78 is 0. The minimum absolute atomic E-state index is 0.113. The summed E-state index contributed by atoms with van der Waals surface area (Å²) in [7, 11) is 5.72. The average molecular weight is 291 g/mol. The van der Waals surface area contributed by atoms with Crippen LogP contribution < -0.4 is 5.73 Å². The van der Waals surface area contributed by atoms with E-state index in [0.29, 0.717) is 12.5 Å². The minimum Gasteiger partial charge on any atom is -0.344 e. The fourth-order valence-corrected chi connectivity index (χ4v) is 2.29. The Morgan fingerprint density at radius 3 is 2.19 bits per heavy atom. The third kappa shape index (κ3) is 5.14. The second kappa shape index (κ2) is 8.15. The first-order chi connectivity index (χ1) is 9.84. The van der Waals surface area contributed by atoms with Gasteiger partial charge in [-0.1, -0.05) is 44.2 Å². The highest BCUT2D eigenvalue weighted by atomic mass is 16.2. The van der Waals surface area contributed by atoms with Gasteiger partial charge in [-0.2, -0.15) is 0 Å². The van der Waals surface area contributed by atoms with Crippen LogP contribution in [0, 0.1) is 5.92 Å². The number of likely N-dealkylation sites (N-methyl/N-ethyl adjacent to an activating group) is 2. The topological polar surface area (TPSA) is 49.6 Å². The van der Waals surface area contributed by atoms with E-state index in [-0.39, 0.29) is 18.0 Å². The fraction of sp³-hybridized carbons (Fsp3) is 0.588. The van der Waals surface area contributed by atoms with E-state index < -0.39 is 0 Å². The molecular formula is C17H29N3O. The van der Waals surface area contributed by atoms with Crippen LogP contribution in [0.3, 0.4) is 0 Å². The van der Waals surface area contributed by atoms with Crippen LogP contribution in [0.1, 0.15) is 31.9 Å². The van der Waals surface area contributed by atoms with Gasteiger partial charge < -0.3 is 10.6 Å². The van der Waals surface area contributed by atoms with E-state index in [2.05, 4.69) is 13.8 Å². The smallest absolute Gasteiger partial charge is 0.244 e. The molecule has 1 aromatic rings. The molecule has 0 aliphatic heterocycles. The van der Waals surface area contributed by atoms with Crippen molar-refractivity contribution in [1.82, 2.24) is 9.80 Å². The summed E-state index contributed by atoms with van der Waals surface area (Å²) in [6, 6.07) is 9.78. The van der Waals surface area contributed by atoms with Gasteiger partial charge in [0.2, 0.25) is 5.91 Å². The van der Waals surface area contributed by atoms with Crippen molar-refractivity contribution in [2.75, 3.05) is 27.7 Å². The maximum atomic E-state index is 12.7. The van der Waals surface area contributed by atoms with Crippen LogP contribution in [-0.4, -0.2) is 49.4 Å². The molecule has 2 N–H and O–H groups in total. The molecule has 0 spiro atoms. The molecule has 0 aromatic heterocycles. The number of nitrogens with two attached hydrogens (primary N) is 1. The quantitative estimate of drug-likeness (QED) is 0.837. The van der Waals surface area contributed by atoms with Crippen molar-refractivity contribution in [3.8, 4) is 0 Å². The Bertz CT molecular complexity index is 431. The van der Waals surface area contributed by atoms with Crippen LogP contribution in [0.15, 0.2) is 30.3 Å². The summed E-state index contributed by atoms with van der Waals surface area (Å²) in [5, 5.41) is 0. The van der Waals surface area contributed by atoms with Gasteiger partial charge in [-0.25, -0.2) is 0 Å². The Labute approximate surface area is 128 Å². The maximum Gasteiger partial charge on any atom is 0.244 e. The number of hydrogen-bond acceptors (Lipinski definition) is 3. The highest BCUT2D eigenvalue weighted by molar-refractivity contribution is 5.83. The van der Waals surface area contributed by atoms with E-state index in [1.54, 1.807) is 4.90 Å². The van der Waals surface area contributed by atoms with Gasteiger partial charge in [-0.05, 0) is 32.0 Å². The third-order valence-corrected chi connectivity index (χ3v) is 3.90. The van der Waals surface area contributed by atoms with Crippen molar-refractivity contribution in [2.24, 2.45) is 11.7 Å². The average Bonchev–Trinajstić information content (AvgIpc) is 2.44.